The zero-order valence-electron chi connectivity index (χ0n) is 9.43. The Kier molecular flexibility index (Phi) is 5.58. The van der Waals surface area contributed by atoms with Gasteiger partial charge in [-0.3, -0.25) is 4.79 Å². The number of halogens is 3. The third-order valence-electron chi connectivity index (χ3n) is 2.81. The van der Waals surface area contributed by atoms with E-state index in [9.17, 15) is 18.0 Å². The van der Waals surface area contributed by atoms with E-state index < -0.39 is 5.51 Å². The lowest BCUT2D eigenvalue weighted by Gasteiger charge is -2.25. The van der Waals surface area contributed by atoms with Gasteiger partial charge in [-0.25, -0.2) is 0 Å². The first-order valence-electron chi connectivity index (χ1n) is 5.62. The van der Waals surface area contributed by atoms with Gasteiger partial charge in [0, 0.05) is 24.3 Å². The topological polar surface area (TPSA) is 55.1 Å². The molecule has 0 aliphatic heterocycles. The van der Waals surface area contributed by atoms with Crippen LogP contribution in [-0.2, 0) is 4.79 Å². The first-order valence-corrected chi connectivity index (χ1v) is 6.61. The standard InChI is InChI=1S/C10H17F3N2OS/c11-10(12,13)17-6-5-15-9(16)7-1-3-8(14)4-2-7/h7-8H,1-6,14H2,(H,15,16). The number of hydrogen-bond acceptors (Lipinski definition) is 3. The number of hydrogen-bond donors (Lipinski definition) is 2. The number of carbonyl (C=O) groups is 1. The highest BCUT2D eigenvalue weighted by atomic mass is 32.2. The highest BCUT2D eigenvalue weighted by Crippen LogP contribution is 2.29. The van der Waals surface area contributed by atoms with Gasteiger partial charge in [-0.05, 0) is 37.4 Å². The zero-order chi connectivity index (χ0) is 12.9. The Morgan fingerprint density at radius 2 is 1.88 bits per heavy atom. The molecule has 100 valence electrons. The number of alkyl halides is 3. The van der Waals surface area contributed by atoms with E-state index in [4.69, 9.17) is 5.73 Å². The zero-order valence-corrected chi connectivity index (χ0v) is 10.2. The van der Waals surface area contributed by atoms with Crippen molar-refractivity contribution in [2.45, 2.75) is 37.2 Å². The average Bonchev–Trinajstić information content (AvgIpc) is 2.24. The highest BCUT2D eigenvalue weighted by molar-refractivity contribution is 8.00. The van der Waals surface area contributed by atoms with Crippen LogP contribution in [0.3, 0.4) is 0 Å². The number of nitrogens with two attached hydrogens (primary N) is 1. The number of carbonyl (C=O) groups excluding carboxylic acids is 1. The molecule has 0 unspecified atom stereocenters. The van der Waals surface area contributed by atoms with Gasteiger partial charge in [-0.2, -0.15) is 13.2 Å². The van der Waals surface area contributed by atoms with Crippen LogP contribution in [0.5, 0.6) is 0 Å². The van der Waals surface area contributed by atoms with Crippen molar-refractivity contribution >= 4 is 17.7 Å². The van der Waals surface area contributed by atoms with Gasteiger partial charge in [-0.15, -0.1) is 0 Å². The molecule has 0 aromatic rings. The highest BCUT2D eigenvalue weighted by Gasteiger charge is 2.28. The molecular weight excluding hydrogens is 253 g/mol. The van der Waals surface area contributed by atoms with Crippen LogP contribution in [0, 0.1) is 5.92 Å². The van der Waals surface area contributed by atoms with Gasteiger partial charge in [0.25, 0.3) is 0 Å². The molecule has 0 aromatic heterocycles. The van der Waals surface area contributed by atoms with Crippen molar-refractivity contribution in [2.24, 2.45) is 11.7 Å². The Balaban J connectivity index is 2.13. The van der Waals surface area contributed by atoms with Gasteiger partial charge in [0.05, 0.1) is 0 Å². The van der Waals surface area contributed by atoms with Crippen molar-refractivity contribution in [1.29, 1.82) is 0 Å². The first-order chi connectivity index (χ1) is 7.88. The van der Waals surface area contributed by atoms with Crippen molar-refractivity contribution in [3.8, 4) is 0 Å². The lowest BCUT2D eigenvalue weighted by molar-refractivity contribution is -0.125. The Morgan fingerprint density at radius 3 is 2.41 bits per heavy atom. The molecule has 0 aromatic carbocycles. The van der Waals surface area contributed by atoms with Gasteiger partial charge in [0.1, 0.15) is 0 Å². The number of thioether (sulfide) groups is 1. The van der Waals surface area contributed by atoms with Crippen LogP contribution in [0.15, 0.2) is 0 Å². The molecule has 3 nitrogen and oxygen atoms in total. The molecule has 1 aliphatic rings. The van der Waals surface area contributed by atoms with E-state index in [-0.39, 0.29) is 41.9 Å². The molecule has 1 fully saturated rings. The fourth-order valence-electron chi connectivity index (χ4n) is 1.87. The van der Waals surface area contributed by atoms with Crippen molar-refractivity contribution in [1.82, 2.24) is 5.32 Å². The number of rotatable bonds is 4. The van der Waals surface area contributed by atoms with E-state index in [2.05, 4.69) is 5.32 Å². The number of amides is 1. The van der Waals surface area contributed by atoms with E-state index in [1.54, 1.807) is 0 Å². The monoisotopic (exact) mass is 270 g/mol. The largest absolute Gasteiger partial charge is 0.441 e. The predicted octanol–water partition coefficient (Wildman–Crippen LogP) is 1.87. The molecule has 0 heterocycles. The summed E-state index contributed by atoms with van der Waals surface area (Å²) in [5.41, 5.74) is 1.49. The molecule has 1 rings (SSSR count). The van der Waals surface area contributed by atoms with Crippen LogP contribution < -0.4 is 11.1 Å². The fraction of sp³-hybridized carbons (Fsp3) is 0.900. The van der Waals surface area contributed by atoms with E-state index in [1.165, 1.54) is 0 Å². The normalized spacial score (nSPS) is 25.6. The predicted molar refractivity (Wildman–Crippen MR) is 61.5 cm³/mol. The van der Waals surface area contributed by atoms with Crippen molar-refractivity contribution in [3.63, 3.8) is 0 Å². The van der Waals surface area contributed by atoms with E-state index in [0.29, 0.717) is 0 Å². The van der Waals surface area contributed by atoms with Gasteiger partial charge >= 0.3 is 5.51 Å². The second-order valence-electron chi connectivity index (χ2n) is 4.20. The third kappa shape index (κ3) is 6.16. The van der Waals surface area contributed by atoms with Crippen molar-refractivity contribution in [3.05, 3.63) is 0 Å². The average molecular weight is 270 g/mol. The molecule has 0 atom stereocenters. The van der Waals surface area contributed by atoms with Gasteiger partial charge < -0.3 is 11.1 Å². The van der Waals surface area contributed by atoms with Crippen LogP contribution in [0.25, 0.3) is 0 Å². The molecule has 1 saturated carbocycles. The summed E-state index contributed by atoms with van der Waals surface area (Å²) in [5, 5.41) is 2.54. The van der Waals surface area contributed by atoms with Crippen LogP contribution in [0.2, 0.25) is 0 Å². The second kappa shape index (κ2) is 6.49. The van der Waals surface area contributed by atoms with Crippen LogP contribution >= 0.6 is 11.8 Å². The Morgan fingerprint density at radius 1 is 1.29 bits per heavy atom. The van der Waals surface area contributed by atoms with Crippen molar-refractivity contribution in [2.75, 3.05) is 12.3 Å². The summed E-state index contributed by atoms with van der Waals surface area (Å²) in [6.45, 7) is 0.0611. The molecule has 0 spiro atoms. The van der Waals surface area contributed by atoms with Crippen LogP contribution in [0.4, 0.5) is 13.2 Å². The molecule has 3 N–H and O–H groups in total. The Bertz CT molecular complexity index is 252. The van der Waals surface area contributed by atoms with Crippen LogP contribution in [-0.4, -0.2) is 29.8 Å². The molecule has 7 heteroatoms. The summed E-state index contributed by atoms with van der Waals surface area (Å²) in [6.07, 6.45) is 3.10. The lowest BCUT2D eigenvalue weighted by atomic mass is 9.86. The first kappa shape index (κ1) is 14.6. The maximum absolute atomic E-state index is 11.8. The molecule has 1 aliphatic carbocycles. The van der Waals surface area contributed by atoms with E-state index in [1.807, 2.05) is 0 Å². The van der Waals surface area contributed by atoms with E-state index in [0.717, 1.165) is 25.7 Å². The molecular formula is C10H17F3N2OS. The van der Waals surface area contributed by atoms with E-state index >= 15 is 0 Å². The summed E-state index contributed by atoms with van der Waals surface area (Å²) in [6, 6.07) is 0.167. The minimum Gasteiger partial charge on any atom is -0.355 e. The lowest BCUT2D eigenvalue weighted by Crippen LogP contribution is -2.37. The van der Waals surface area contributed by atoms with Crippen LogP contribution in [0.1, 0.15) is 25.7 Å². The molecule has 0 bridgehead atoms. The Hall–Kier alpha value is -0.430. The van der Waals surface area contributed by atoms with Crippen molar-refractivity contribution < 1.29 is 18.0 Å². The fourth-order valence-corrected chi connectivity index (χ4v) is 2.30. The summed E-state index contributed by atoms with van der Waals surface area (Å²) < 4.78 is 35.4. The van der Waals surface area contributed by atoms with Gasteiger partial charge in [0.2, 0.25) is 5.91 Å². The quantitative estimate of drug-likeness (QED) is 0.767. The molecule has 17 heavy (non-hydrogen) atoms. The minimum absolute atomic E-state index is 0.0611. The molecule has 0 radical (unpaired) electrons. The third-order valence-corrected chi connectivity index (χ3v) is 3.55. The second-order valence-corrected chi connectivity index (χ2v) is 5.36. The Labute approximate surface area is 103 Å². The summed E-state index contributed by atoms with van der Waals surface area (Å²) >= 11 is -0.112. The maximum Gasteiger partial charge on any atom is 0.441 e. The number of nitrogens with one attached hydrogen (secondary N) is 1. The summed E-state index contributed by atoms with van der Waals surface area (Å²) in [5.74, 6) is -0.355. The smallest absolute Gasteiger partial charge is 0.355 e. The summed E-state index contributed by atoms with van der Waals surface area (Å²) in [7, 11) is 0. The van der Waals surface area contributed by atoms with Gasteiger partial charge in [-0.1, -0.05) is 0 Å². The molecule has 0 saturated heterocycles. The minimum atomic E-state index is -4.22. The SMILES string of the molecule is NC1CCC(C(=O)NCCSC(F)(F)F)CC1. The summed E-state index contributed by atoms with van der Waals surface area (Å²) in [4.78, 5) is 11.6. The van der Waals surface area contributed by atoms with Gasteiger partial charge in [0.15, 0.2) is 0 Å². The maximum atomic E-state index is 11.8. The molecule has 1 amide bonds.